The third-order valence-corrected chi connectivity index (χ3v) is 6.06. The van der Waals surface area contributed by atoms with Crippen LogP contribution in [0.4, 0.5) is 5.69 Å². The van der Waals surface area contributed by atoms with Gasteiger partial charge in [-0.1, -0.05) is 42.4 Å². The second-order valence-corrected chi connectivity index (χ2v) is 8.40. The summed E-state index contributed by atoms with van der Waals surface area (Å²) in [6.07, 6.45) is 2.08. The molecule has 3 aromatic rings. The van der Waals surface area contributed by atoms with E-state index in [1.807, 2.05) is 24.3 Å². The SMILES string of the molecule is CCCn1c(SCC(=O)c2ccc3c(c2)CCC(=O)N3)nnc1-c1cccc(C)c1. The minimum Gasteiger partial charge on any atom is -0.326 e. The average molecular weight is 421 g/mol. The third kappa shape index (κ3) is 4.31. The second-order valence-electron chi connectivity index (χ2n) is 7.46. The molecular weight excluding hydrogens is 396 g/mol. The zero-order valence-corrected chi connectivity index (χ0v) is 18.0. The number of carbonyl (C=O) groups excluding carboxylic acids is 2. The summed E-state index contributed by atoms with van der Waals surface area (Å²) in [4.78, 5) is 24.3. The molecule has 1 N–H and O–H groups in total. The van der Waals surface area contributed by atoms with Crippen LogP contribution in [-0.4, -0.2) is 32.2 Å². The topological polar surface area (TPSA) is 76.9 Å². The molecule has 0 atom stereocenters. The molecule has 1 aromatic heterocycles. The lowest BCUT2D eigenvalue weighted by Crippen LogP contribution is -2.19. The van der Waals surface area contributed by atoms with E-state index in [9.17, 15) is 9.59 Å². The van der Waals surface area contributed by atoms with Crippen molar-refractivity contribution in [3.8, 4) is 11.4 Å². The Kier molecular flexibility index (Phi) is 5.99. The van der Waals surface area contributed by atoms with Gasteiger partial charge in [-0.05, 0) is 49.6 Å². The van der Waals surface area contributed by atoms with Crippen molar-refractivity contribution in [1.82, 2.24) is 14.8 Å². The average Bonchev–Trinajstić information content (AvgIpc) is 3.14. The summed E-state index contributed by atoms with van der Waals surface area (Å²) in [5.41, 5.74) is 4.69. The second kappa shape index (κ2) is 8.83. The lowest BCUT2D eigenvalue weighted by Gasteiger charge is -2.17. The fraction of sp³-hybridized carbons (Fsp3) is 0.304. The summed E-state index contributed by atoms with van der Waals surface area (Å²) in [6, 6.07) is 13.7. The molecule has 1 aliphatic heterocycles. The van der Waals surface area contributed by atoms with Gasteiger partial charge in [-0.25, -0.2) is 0 Å². The van der Waals surface area contributed by atoms with Crippen molar-refractivity contribution in [3.63, 3.8) is 0 Å². The fourth-order valence-corrected chi connectivity index (χ4v) is 4.45. The van der Waals surface area contributed by atoms with Gasteiger partial charge in [0.25, 0.3) is 0 Å². The Morgan fingerprint density at radius 1 is 1.17 bits per heavy atom. The molecule has 4 rings (SSSR count). The molecule has 2 aromatic carbocycles. The monoisotopic (exact) mass is 420 g/mol. The minimum absolute atomic E-state index is 0.0248. The molecule has 0 spiro atoms. The van der Waals surface area contributed by atoms with Crippen molar-refractivity contribution in [2.75, 3.05) is 11.1 Å². The van der Waals surface area contributed by atoms with Gasteiger partial charge in [0.05, 0.1) is 5.75 Å². The first-order chi connectivity index (χ1) is 14.5. The maximum atomic E-state index is 12.8. The molecule has 7 heteroatoms. The van der Waals surface area contributed by atoms with Crippen LogP contribution in [0.5, 0.6) is 0 Å². The van der Waals surface area contributed by atoms with Crippen LogP contribution in [0.1, 0.15) is 41.3 Å². The maximum absolute atomic E-state index is 12.8. The van der Waals surface area contributed by atoms with E-state index in [1.54, 1.807) is 6.07 Å². The predicted molar refractivity (Wildman–Crippen MR) is 119 cm³/mol. The van der Waals surface area contributed by atoms with Crippen LogP contribution in [0, 0.1) is 6.92 Å². The molecule has 6 nitrogen and oxygen atoms in total. The molecule has 30 heavy (non-hydrogen) atoms. The van der Waals surface area contributed by atoms with Crippen LogP contribution >= 0.6 is 11.8 Å². The largest absolute Gasteiger partial charge is 0.326 e. The fourth-order valence-electron chi connectivity index (χ4n) is 3.59. The number of hydrogen-bond donors (Lipinski definition) is 1. The molecule has 2 heterocycles. The number of rotatable bonds is 7. The number of nitrogens with one attached hydrogen (secondary N) is 1. The Balaban J connectivity index is 1.51. The van der Waals surface area contributed by atoms with Crippen LogP contribution in [0.25, 0.3) is 11.4 Å². The number of carbonyl (C=O) groups is 2. The minimum atomic E-state index is 0.0248. The Morgan fingerprint density at radius 3 is 2.83 bits per heavy atom. The van der Waals surface area contributed by atoms with Crippen molar-refractivity contribution < 1.29 is 9.59 Å². The normalized spacial score (nSPS) is 13.1. The van der Waals surface area contributed by atoms with Crippen LogP contribution in [0.2, 0.25) is 0 Å². The smallest absolute Gasteiger partial charge is 0.224 e. The van der Waals surface area contributed by atoms with Gasteiger partial charge >= 0.3 is 0 Å². The molecule has 1 aliphatic rings. The maximum Gasteiger partial charge on any atom is 0.224 e. The van der Waals surface area contributed by atoms with E-state index in [-0.39, 0.29) is 11.7 Å². The van der Waals surface area contributed by atoms with Gasteiger partial charge < -0.3 is 9.88 Å². The van der Waals surface area contributed by atoms with Crippen LogP contribution < -0.4 is 5.32 Å². The van der Waals surface area contributed by atoms with Gasteiger partial charge in [0.15, 0.2) is 16.8 Å². The molecule has 0 saturated heterocycles. The van der Waals surface area contributed by atoms with Crippen molar-refractivity contribution in [2.24, 2.45) is 0 Å². The summed E-state index contributed by atoms with van der Waals surface area (Å²) in [5, 5.41) is 12.4. The van der Waals surface area contributed by atoms with Gasteiger partial charge in [0, 0.05) is 29.8 Å². The first-order valence-corrected chi connectivity index (χ1v) is 11.1. The number of anilines is 1. The highest BCUT2D eigenvalue weighted by Crippen LogP contribution is 2.27. The molecular formula is C23H24N4O2S. The van der Waals surface area contributed by atoms with E-state index in [4.69, 9.17) is 0 Å². The molecule has 154 valence electrons. The van der Waals surface area contributed by atoms with Crippen molar-refractivity contribution >= 4 is 29.1 Å². The number of thioether (sulfide) groups is 1. The number of ketones is 1. The van der Waals surface area contributed by atoms with Gasteiger partial charge in [-0.3, -0.25) is 9.59 Å². The van der Waals surface area contributed by atoms with Crippen molar-refractivity contribution in [1.29, 1.82) is 0 Å². The first kappa shape index (κ1) is 20.3. The third-order valence-electron chi connectivity index (χ3n) is 5.10. The number of Topliss-reactive ketones (excluding diaryl/α,β-unsaturated/α-hetero) is 1. The molecule has 0 bridgehead atoms. The van der Waals surface area contributed by atoms with Crippen LogP contribution in [0.3, 0.4) is 0 Å². The summed E-state index contributed by atoms with van der Waals surface area (Å²) in [6.45, 7) is 4.97. The van der Waals surface area contributed by atoms with Gasteiger partial charge in [-0.15, -0.1) is 10.2 Å². The highest BCUT2D eigenvalue weighted by Gasteiger charge is 2.19. The Morgan fingerprint density at radius 2 is 2.03 bits per heavy atom. The number of benzene rings is 2. The van der Waals surface area contributed by atoms with E-state index < -0.39 is 0 Å². The summed E-state index contributed by atoms with van der Waals surface area (Å²) in [5.74, 6) is 1.19. The number of hydrogen-bond acceptors (Lipinski definition) is 5. The number of nitrogens with zero attached hydrogens (tertiary/aromatic N) is 3. The van der Waals surface area contributed by atoms with Gasteiger partial charge in [0.2, 0.25) is 5.91 Å². The quantitative estimate of drug-likeness (QED) is 0.449. The summed E-state index contributed by atoms with van der Waals surface area (Å²) in [7, 11) is 0. The molecule has 0 aliphatic carbocycles. The molecule has 0 radical (unpaired) electrons. The Labute approximate surface area is 180 Å². The van der Waals surface area contributed by atoms with E-state index in [1.165, 1.54) is 17.3 Å². The number of fused-ring (bicyclic) bond motifs is 1. The van der Waals surface area contributed by atoms with E-state index in [2.05, 4.69) is 46.1 Å². The lowest BCUT2D eigenvalue weighted by atomic mass is 9.99. The zero-order chi connectivity index (χ0) is 21.1. The highest BCUT2D eigenvalue weighted by atomic mass is 32.2. The van der Waals surface area contributed by atoms with E-state index in [0.717, 1.165) is 40.8 Å². The molecule has 0 unspecified atom stereocenters. The van der Waals surface area contributed by atoms with Gasteiger partial charge in [-0.2, -0.15) is 0 Å². The Bertz CT molecular complexity index is 1110. The molecule has 0 fully saturated rings. The van der Waals surface area contributed by atoms with Crippen molar-refractivity contribution in [3.05, 3.63) is 59.2 Å². The van der Waals surface area contributed by atoms with E-state index in [0.29, 0.717) is 24.2 Å². The first-order valence-electron chi connectivity index (χ1n) is 10.1. The number of amides is 1. The van der Waals surface area contributed by atoms with Crippen LogP contribution in [-0.2, 0) is 17.8 Å². The number of aryl methyl sites for hydroxylation is 2. The van der Waals surface area contributed by atoms with Gasteiger partial charge in [0.1, 0.15) is 0 Å². The molecule has 1 amide bonds. The standard InChI is InChI=1S/C23H24N4O2S/c1-3-11-27-22(18-6-4-5-15(2)12-18)25-26-23(27)30-14-20(28)17-7-9-19-16(13-17)8-10-21(29)24-19/h4-7,9,12-13H,3,8,10-11,14H2,1-2H3,(H,24,29). The lowest BCUT2D eigenvalue weighted by molar-refractivity contribution is -0.116. The van der Waals surface area contributed by atoms with Crippen LogP contribution in [0.15, 0.2) is 47.6 Å². The number of aromatic nitrogens is 3. The highest BCUT2D eigenvalue weighted by molar-refractivity contribution is 7.99. The zero-order valence-electron chi connectivity index (χ0n) is 17.1. The van der Waals surface area contributed by atoms with E-state index >= 15 is 0 Å². The summed E-state index contributed by atoms with van der Waals surface area (Å²) >= 11 is 1.42. The van der Waals surface area contributed by atoms with Crippen molar-refractivity contribution in [2.45, 2.75) is 44.8 Å². The molecule has 0 saturated carbocycles. The predicted octanol–water partition coefficient (Wildman–Crippen LogP) is 4.52. The summed E-state index contributed by atoms with van der Waals surface area (Å²) < 4.78 is 2.09. The Hall–Kier alpha value is -2.93.